The Kier molecular flexibility index (Phi) is 5.90. The zero-order valence-corrected chi connectivity index (χ0v) is 20.0. The molecule has 1 fully saturated rings. The summed E-state index contributed by atoms with van der Waals surface area (Å²) in [5.74, 6) is 0.944. The van der Waals surface area contributed by atoms with Gasteiger partial charge in [0, 0.05) is 31.2 Å². The van der Waals surface area contributed by atoms with Gasteiger partial charge in [-0.25, -0.2) is 14.6 Å². The van der Waals surface area contributed by atoms with Crippen molar-refractivity contribution in [3.05, 3.63) is 114 Å². The molecule has 0 unspecified atom stereocenters. The first-order valence-corrected chi connectivity index (χ1v) is 12.2. The van der Waals surface area contributed by atoms with Crippen molar-refractivity contribution in [1.29, 1.82) is 0 Å². The Hall–Kier alpha value is -3.74. The molecule has 0 aliphatic carbocycles. The lowest BCUT2D eigenvalue weighted by atomic mass is 9.96. The third-order valence-electron chi connectivity index (χ3n) is 6.63. The van der Waals surface area contributed by atoms with Crippen LogP contribution in [0.25, 0.3) is 16.7 Å². The smallest absolute Gasteiger partial charge is 0.168 e. The van der Waals surface area contributed by atoms with E-state index in [1.807, 2.05) is 53.3 Å². The van der Waals surface area contributed by atoms with Crippen molar-refractivity contribution < 1.29 is 0 Å². The predicted octanol–water partition coefficient (Wildman–Crippen LogP) is 5.38. The van der Waals surface area contributed by atoms with Crippen LogP contribution >= 0.6 is 11.6 Å². The monoisotopic (exact) mass is 480 g/mol. The Bertz CT molecular complexity index is 1410. The summed E-state index contributed by atoms with van der Waals surface area (Å²) in [5.41, 5.74) is 4.36. The minimum absolute atomic E-state index is 0.182. The Balaban J connectivity index is 1.27. The molecule has 1 aliphatic rings. The quantitative estimate of drug-likeness (QED) is 0.338. The van der Waals surface area contributed by atoms with Crippen LogP contribution in [-0.4, -0.2) is 50.8 Å². The summed E-state index contributed by atoms with van der Waals surface area (Å²) < 4.78 is 1.88. The minimum Gasteiger partial charge on any atom is -0.353 e. The highest BCUT2D eigenvalue weighted by Crippen LogP contribution is 2.32. The standard InChI is InChI=1S/C28H25ClN6/c29-23-13-11-22(12-14-23)26(21-7-3-1-4-8-21)33-15-17-34(18-16-33)27-25-19-32-35(28(25)31-20-30-27)24-9-5-2-6-10-24/h1-14,19-20,26H,15-18H2/t26-/m0/s1. The second-order valence-electron chi connectivity index (χ2n) is 8.71. The SMILES string of the molecule is Clc1ccc([C@H](c2ccccc2)N2CCN(c3ncnc4c3cnn4-c3ccccc3)CC2)cc1. The summed E-state index contributed by atoms with van der Waals surface area (Å²) in [6, 6.07) is 29.2. The molecule has 5 aromatic rings. The molecule has 6 nitrogen and oxygen atoms in total. The predicted molar refractivity (Wildman–Crippen MR) is 140 cm³/mol. The van der Waals surface area contributed by atoms with Crippen LogP contribution in [0.3, 0.4) is 0 Å². The van der Waals surface area contributed by atoms with E-state index in [2.05, 4.69) is 67.3 Å². The van der Waals surface area contributed by atoms with Crippen molar-refractivity contribution in [2.75, 3.05) is 31.1 Å². The molecule has 7 heteroatoms. The third-order valence-corrected chi connectivity index (χ3v) is 6.88. The molecule has 3 aromatic carbocycles. The lowest BCUT2D eigenvalue weighted by Crippen LogP contribution is -2.48. The van der Waals surface area contributed by atoms with Gasteiger partial charge in [-0.3, -0.25) is 4.90 Å². The van der Waals surface area contributed by atoms with Crippen LogP contribution in [0.5, 0.6) is 0 Å². The fourth-order valence-electron chi connectivity index (χ4n) is 4.93. The molecule has 1 saturated heterocycles. The largest absolute Gasteiger partial charge is 0.353 e. The van der Waals surface area contributed by atoms with Crippen LogP contribution in [-0.2, 0) is 0 Å². The van der Waals surface area contributed by atoms with Crippen molar-refractivity contribution in [2.45, 2.75) is 6.04 Å². The van der Waals surface area contributed by atoms with Gasteiger partial charge in [0.2, 0.25) is 0 Å². The van der Waals surface area contributed by atoms with Gasteiger partial charge in [-0.15, -0.1) is 0 Å². The summed E-state index contributed by atoms with van der Waals surface area (Å²) in [6.07, 6.45) is 3.52. The lowest BCUT2D eigenvalue weighted by Gasteiger charge is -2.40. The number of aromatic nitrogens is 4. The Labute approximate surface area is 209 Å². The lowest BCUT2D eigenvalue weighted by molar-refractivity contribution is 0.212. The molecular weight excluding hydrogens is 456 g/mol. The van der Waals surface area contributed by atoms with Crippen LogP contribution in [0.4, 0.5) is 5.82 Å². The molecule has 0 radical (unpaired) electrons. The van der Waals surface area contributed by atoms with Crippen molar-refractivity contribution in [3.8, 4) is 5.69 Å². The van der Waals surface area contributed by atoms with Crippen LogP contribution < -0.4 is 4.90 Å². The molecule has 1 aliphatic heterocycles. The van der Waals surface area contributed by atoms with Crippen molar-refractivity contribution in [2.24, 2.45) is 0 Å². The molecule has 0 N–H and O–H groups in total. The van der Waals surface area contributed by atoms with E-state index >= 15 is 0 Å². The first kappa shape index (κ1) is 21.8. The second-order valence-corrected chi connectivity index (χ2v) is 9.15. The Morgan fingerprint density at radius 2 is 1.37 bits per heavy atom. The van der Waals surface area contributed by atoms with Gasteiger partial charge in [-0.2, -0.15) is 5.10 Å². The molecule has 2 aromatic heterocycles. The van der Waals surface area contributed by atoms with Gasteiger partial charge in [-0.05, 0) is 35.4 Å². The van der Waals surface area contributed by atoms with E-state index in [9.17, 15) is 0 Å². The maximum Gasteiger partial charge on any atom is 0.168 e. The number of hydrogen-bond acceptors (Lipinski definition) is 5. The highest BCUT2D eigenvalue weighted by Gasteiger charge is 2.28. The molecule has 6 rings (SSSR count). The van der Waals surface area contributed by atoms with E-state index in [0.29, 0.717) is 0 Å². The molecule has 0 bridgehead atoms. The summed E-state index contributed by atoms with van der Waals surface area (Å²) in [4.78, 5) is 14.1. The Morgan fingerprint density at radius 3 is 2.09 bits per heavy atom. The van der Waals surface area contributed by atoms with Gasteiger partial charge in [0.15, 0.2) is 5.65 Å². The number of benzene rings is 3. The summed E-state index contributed by atoms with van der Waals surface area (Å²) in [6.45, 7) is 3.58. The number of hydrogen-bond donors (Lipinski definition) is 0. The fraction of sp³-hybridized carbons (Fsp3) is 0.179. The normalized spacial score (nSPS) is 15.4. The highest BCUT2D eigenvalue weighted by molar-refractivity contribution is 6.30. The topological polar surface area (TPSA) is 50.1 Å². The number of rotatable bonds is 5. The van der Waals surface area contributed by atoms with Crippen LogP contribution in [0.15, 0.2) is 97.5 Å². The molecule has 35 heavy (non-hydrogen) atoms. The molecule has 1 atom stereocenters. The molecule has 0 saturated carbocycles. The minimum atomic E-state index is 0.182. The zero-order chi connectivity index (χ0) is 23.6. The maximum absolute atomic E-state index is 6.18. The first-order valence-electron chi connectivity index (χ1n) is 11.8. The first-order chi connectivity index (χ1) is 17.3. The van der Waals surface area contributed by atoms with E-state index < -0.39 is 0 Å². The summed E-state index contributed by atoms with van der Waals surface area (Å²) in [5, 5.41) is 6.35. The average Bonchev–Trinajstić information content (AvgIpc) is 3.36. The highest BCUT2D eigenvalue weighted by atomic mass is 35.5. The van der Waals surface area contributed by atoms with Crippen LogP contribution in [0.2, 0.25) is 5.02 Å². The van der Waals surface area contributed by atoms with E-state index in [1.54, 1.807) is 6.33 Å². The average molecular weight is 481 g/mol. The Morgan fingerprint density at radius 1 is 0.714 bits per heavy atom. The fourth-order valence-corrected chi connectivity index (χ4v) is 5.05. The van der Waals surface area contributed by atoms with E-state index in [-0.39, 0.29) is 6.04 Å². The second kappa shape index (κ2) is 9.49. The van der Waals surface area contributed by atoms with Crippen molar-refractivity contribution in [1.82, 2.24) is 24.6 Å². The van der Waals surface area contributed by atoms with Crippen molar-refractivity contribution >= 4 is 28.5 Å². The van der Waals surface area contributed by atoms with Crippen LogP contribution in [0.1, 0.15) is 17.2 Å². The summed E-state index contributed by atoms with van der Waals surface area (Å²) >= 11 is 6.18. The maximum atomic E-state index is 6.18. The van der Waals surface area contributed by atoms with Gasteiger partial charge in [0.25, 0.3) is 0 Å². The van der Waals surface area contributed by atoms with Gasteiger partial charge < -0.3 is 4.90 Å². The number of halogens is 1. The summed E-state index contributed by atoms with van der Waals surface area (Å²) in [7, 11) is 0. The number of anilines is 1. The molecule has 174 valence electrons. The van der Waals surface area contributed by atoms with Gasteiger partial charge in [0.1, 0.15) is 12.1 Å². The van der Waals surface area contributed by atoms with Gasteiger partial charge in [-0.1, -0.05) is 72.3 Å². The molecular formula is C28H25ClN6. The third kappa shape index (κ3) is 4.27. The number of piperazine rings is 1. The van der Waals surface area contributed by atoms with Gasteiger partial charge >= 0.3 is 0 Å². The zero-order valence-electron chi connectivity index (χ0n) is 19.2. The van der Waals surface area contributed by atoms with E-state index in [4.69, 9.17) is 11.6 Å². The van der Waals surface area contributed by atoms with E-state index in [0.717, 1.165) is 53.7 Å². The number of fused-ring (bicyclic) bond motifs is 1. The van der Waals surface area contributed by atoms with Gasteiger partial charge in [0.05, 0.1) is 23.3 Å². The molecule has 0 spiro atoms. The number of nitrogens with zero attached hydrogens (tertiary/aromatic N) is 6. The molecule has 3 heterocycles. The van der Waals surface area contributed by atoms with Crippen LogP contribution in [0, 0.1) is 0 Å². The molecule has 0 amide bonds. The van der Waals surface area contributed by atoms with E-state index in [1.165, 1.54) is 11.1 Å². The van der Waals surface area contributed by atoms with Crippen molar-refractivity contribution in [3.63, 3.8) is 0 Å². The number of para-hydroxylation sites is 1.